The smallest absolute Gasteiger partial charge is 0.271 e. The summed E-state index contributed by atoms with van der Waals surface area (Å²) in [6.07, 6.45) is 0. The second kappa shape index (κ2) is 7.24. The number of nitrogens with zero attached hydrogens (tertiary/aromatic N) is 1. The van der Waals surface area contributed by atoms with Crippen molar-refractivity contribution < 1.29 is 9.53 Å². The van der Waals surface area contributed by atoms with E-state index >= 15 is 0 Å². The number of nitrogens with one attached hydrogen (secondary N) is 1. The van der Waals surface area contributed by atoms with E-state index in [0.29, 0.717) is 12.2 Å². The van der Waals surface area contributed by atoms with Crippen molar-refractivity contribution in [1.82, 2.24) is 5.43 Å². The number of benzene rings is 2. The average molecular weight is 282 g/mol. The van der Waals surface area contributed by atoms with Crippen LogP contribution in [-0.2, 0) is 0 Å². The summed E-state index contributed by atoms with van der Waals surface area (Å²) < 4.78 is 5.34. The van der Waals surface area contributed by atoms with Crippen LogP contribution in [0.3, 0.4) is 0 Å². The van der Waals surface area contributed by atoms with Gasteiger partial charge in [0.25, 0.3) is 5.91 Å². The second-order valence-corrected chi connectivity index (χ2v) is 4.46. The molecule has 0 aliphatic rings. The quantitative estimate of drug-likeness (QED) is 0.676. The molecule has 2 aromatic carbocycles. The summed E-state index contributed by atoms with van der Waals surface area (Å²) in [6.45, 7) is 4.38. The van der Waals surface area contributed by atoms with Crippen LogP contribution in [0, 0.1) is 0 Å². The van der Waals surface area contributed by atoms with Gasteiger partial charge in [-0.05, 0) is 43.7 Å². The molecule has 2 rings (SSSR count). The van der Waals surface area contributed by atoms with E-state index in [0.717, 1.165) is 17.0 Å². The SMILES string of the molecule is CCOc1ccc(C(=O)NN=C(C)c2ccccc2)cc1. The zero-order valence-electron chi connectivity index (χ0n) is 12.2. The molecule has 0 heterocycles. The Bertz CT molecular complexity index is 619. The highest BCUT2D eigenvalue weighted by Gasteiger charge is 2.05. The van der Waals surface area contributed by atoms with Crippen molar-refractivity contribution in [2.45, 2.75) is 13.8 Å². The van der Waals surface area contributed by atoms with E-state index in [1.807, 2.05) is 44.2 Å². The maximum atomic E-state index is 12.0. The molecule has 0 aliphatic carbocycles. The summed E-state index contributed by atoms with van der Waals surface area (Å²) in [5.74, 6) is 0.506. The zero-order chi connectivity index (χ0) is 15.1. The minimum absolute atomic E-state index is 0.242. The van der Waals surface area contributed by atoms with Gasteiger partial charge in [0.05, 0.1) is 12.3 Å². The number of rotatable bonds is 5. The van der Waals surface area contributed by atoms with Crippen LogP contribution in [0.1, 0.15) is 29.8 Å². The molecule has 108 valence electrons. The normalized spacial score (nSPS) is 11.0. The van der Waals surface area contributed by atoms with Crippen LogP contribution in [-0.4, -0.2) is 18.2 Å². The van der Waals surface area contributed by atoms with Gasteiger partial charge in [-0.1, -0.05) is 30.3 Å². The number of carbonyl (C=O) groups excluding carboxylic acids is 1. The van der Waals surface area contributed by atoms with Crippen LogP contribution in [0.4, 0.5) is 0 Å². The molecule has 0 radical (unpaired) electrons. The average Bonchev–Trinajstić information content (AvgIpc) is 2.54. The van der Waals surface area contributed by atoms with Gasteiger partial charge >= 0.3 is 0 Å². The van der Waals surface area contributed by atoms with E-state index in [1.54, 1.807) is 24.3 Å². The zero-order valence-corrected chi connectivity index (χ0v) is 12.2. The van der Waals surface area contributed by atoms with Gasteiger partial charge in [0.1, 0.15) is 5.75 Å². The Morgan fingerprint density at radius 2 is 1.71 bits per heavy atom. The summed E-state index contributed by atoms with van der Waals surface area (Å²) in [4.78, 5) is 12.0. The van der Waals surface area contributed by atoms with E-state index in [9.17, 15) is 4.79 Å². The third-order valence-corrected chi connectivity index (χ3v) is 2.94. The van der Waals surface area contributed by atoms with Crippen molar-refractivity contribution in [2.75, 3.05) is 6.61 Å². The van der Waals surface area contributed by atoms with E-state index in [-0.39, 0.29) is 5.91 Å². The second-order valence-electron chi connectivity index (χ2n) is 4.46. The molecule has 4 heteroatoms. The minimum atomic E-state index is -0.242. The Labute approximate surface area is 124 Å². The molecule has 0 unspecified atom stereocenters. The third kappa shape index (κ3) is 4.18. The number of amides is 1. The summed E-state index contributed by atoms with van der Waals surface area (Å²) in [5.41, 5.74) is 4.84. The monoisotopic (exact) mass is 282 g/mol. The Hall–Kier alpha value is -2.62. The highest BCUT2D eigenvalue weighted by atomic mass is 16.5. The van der Waals surface area contributed by atoms with Crippen LogP contribution in [0.15, 0.2) is 59.7 Å². The van der Waals surface area contributed by atoms with Crippen LogP contribution in [0.5, 0.6) is 5.75 Å². The molecule has 0 aromatic heterocycles. The first-order valence-electron chi connectivity index (χ1n) is 6.83. The molecule has 2 aromatic rings. The molecule has 21 heavy (non-hydrogen) atoms. The van der Waals surface area contributed by atoms with E-state index in [2.05, 4.69) is 10.5 Å². The third-order valence-electron chi connectivity index (χ3n) is 2.94. The van der Waals surface area contributed by atoms with Gasteiger partial charge in [0.2, 0.25) is 0 Å². The van der Waals surface area contributed by atoms with Crippen molar-refractivity contribution in [3.8, 4) is 5.75 Å². The molecule has 0 bridgehead atoms. The predicted molar refractivity (Wildman–Crippen MR) is 83.7 cm³/mol. The van der Waals surface area contributed by atoms with Gasteiger partial charge in [-0.25, -0.2) is 5.43 Å². The van der Waals surface area contributed by atoms with Crippen molar-refractivity contribution >= 4 is 11.6 Å². The Morgan fingerprint density at radius 1 is 1.05 bits per heavy atom. The molecular weight excluding hydrogens is 264 g/mol. The van der Waals surface area contributed by atoms with Gasteiger partial charge in [-0.3, -0.25) is 4.79 Å². The standard InChI is InChI=1S/C17H18N2O2/c1-3-21-16-11-9-15(10-12-16)17(20)19-18-13(2)14-7-5-4-6-8-14/h4-12H,3H2,1-2H3,(H,19,20). The lowest BCUT2D eigenvalue weighted by Gasteiger charge is -2.05. The fraction of sp³-hybridized carbons (Fsp3) is 0.176. The largest absolute Gasteiger partial charge is 0.494 e. The lowest BCUT2D eigenvalue weighted by atomic mass is 10.1. The molecule has 0 saturated carbocycles. The number of carbonyl (C=O) groups is 1. The fourth-order valence-electron chi connectivity index (χ4n) is 1.81. The van der Waals surface area contributed by atoms with E-state index < -0.39 is 0 Å². The van der Waals surface area contributed by atoms with Gasteiger partial charge in [-0.15, -0.1) is 0 Å². The van der Waals surface area contributed by atoms with Gasteiger partial charge in [-0.2, -0.15) is 5.10 Å². The van der Waals surface area contributed by atoms with E-state index in [1.165, 1.54) is 0 Å². The topological polar surface area (TPSA) is 50.7 Å². The van der Waals surface area contributed by atoms with Crippen LogP contribution >= 0.6 is 0 Å². The molecule has 1 N–H and O–H groups in total. The molecule has 0 saturated heterocycles. The summed E-state index contributed by atoms with van der Waals surface area (Å²) >= 11 is 0. The van der Waals surface area contributed by atoms with Crippen molar-refractivity contribution in [1.29, 1.82) is 0 Å². The number of ether oxygens (including phenoxy) is 1. The highest BCUT2D eigenvalue weighted by Crippen LogP contribution is 2.12. The molecule has 0 atom stereocenters. The van der Waals surface area contributed by atoms with Crippen LogP contribution < -0.4 is 10.2 Å². The lowest BCUT2D eigenvalue weighted by molar-refractivity contribution is 0.0955. The molecule has 0 spiro atoms. The van der Waals surface area contributed by atoms with Crippen LogP contribution in [0.2, 0.25) is 0 Å². The first-order chi connectivity index (χ1) is 10.2. The van der Waals surface area contributed by atoms with Crippen LogP contribution in [0.25, 0.3) is 0 Å². The summed E-state index contributed by atoms with van der Waals surface area (Å²) in [7, 11) is 0. The van der Waals surface area contributed by atoms with Gasteiger partial charge in [0.15, 0.2) is 0 Å². The Morgan fingerprint density at radius 3 is 2.33 bits per heavy atom. The molecule has 1 amide bonds. The molecule has 0 fully saturated rings. The predicted octanol–water partition coefficient (Wildman–Crippen LogP) is 3.24. The fourth-order valence-corrected chi connectivity index (χ4v) is 1.81. The van der Waals surface area contributed by atoms with Crippen molar-refractivity contribution in [3.63, 3.8) is 0 Å². The number of hydrogen-bond acceptors (Lipinski definition) is 3. The van der Waals surface area contributed by atoms with Crippen molar-refractivity contribution in [2.24, 2.45) is 5.10 Å². The maximum absolute atomic E-state index is 12.0. The molecule has 0 aliphatic heterocycles. The summed E-state index contributed by atoms with van der Waals surface area (Å²) in [6, 6.07) is 16.7. The Balaban J connectivity index is 2.01. The first kappa shape index (κ1) is 14.8. The number of hydrazone groups is 1. The molecular formula is C17H18N2O2. The van der Waals surface area contributed by atoms with Gasteiger partial charge < -0.3 is 4.74 Å². The van der Waals surface area contributed by atoms with E-state index in [4.69, 9.17) is 4.74 Å². The summed E-state index contributed by atoms with van der Waals surface area (Å²) in [5, 5.41) is 4.12. The number of hydrogen-bond donors (Lipinski definition) is 1. The van der Waals surface area contributed by atoms with Gasteiger partial charge in [0, 0.05) is 5.56 Å². The Kier molecular flexibility index (Phi) is 5.10. The lowest BCUT2D eigenvalue weighted by Crippen LogP contribution is -2.19. The highest BCUT2D eigenvalue weighted by molar-refractivity contribution is 6.00. The minimum Gasteiger partial charge on any atom is -0.494 e. The molecule has 4 nitrogen and oxygen atoms in total. The van der Waals surface area contributed by atoms with Crippen molar-refractivity contribution in [3.05, 3.63) is 65.7 Å². The first-order valence-corrected chi connectivity index (χ1v) is 6.83. The maximum Gasteiger partial charge on any atom is 0.271 e.